The van der Waals surface area contributed by atoms with Crippen molar-refractivity contribution in [1.29, 1.82) is 0 Å². The minimum absolute atomic E-state index is 0.206. The van der Waals surface area contributed by atoms with E-state index in [4.69, 9.17) is 19.7 Å². The molecule has 0 bridgehead atoms. The number of thioether (sulfide) groups is 1. The van der Waals surface area contributed by atoms with Crippen LogP contribution in [-0.2, 0) is 5.75 Å². The minimum Gasteiger partial charge on any atom is -0.454 e. The van der Waals surface area contributed by atoms with Gasteiger partial charge in [-0.2, -0.15) is 4.98 Å². The van der Waals surface area contributed by atoms with Crippen molar-refractivity contribution < 1.29 is 18.8 Å². The molecule has 138 valence electrons. The van der Waals surface area contributed by atoms with Crippen LogP contribution in [0.5, 0.6) is 11.5 Å². The molecule has 0 atom stereocenters. The van der Waals surface area contributed by atoms with Crippen LogP contribution in [0.1, 0.15) is 27.5 Å². The Morgan fingerprint density at radius 1 is 1.19 bits per heavy atom. The average Bonchev–Trinajstić information content (AvgIpc) is 3.27. The molecule has 0 fully saturated rings. The molecule has 1 aliphatic rings. The highest BCUT2D eigenvalue weighted by Crippen LogP contribution is 2.35. The number of aromatic nitrogens is 3. The van der Waals surface area contributed by atoms with Crippen molar-refractivity contribution in [2.24, 2.45) is 5.73 Å². The number of carbonyl (C=O) groups excluding carboxylic acids is 1. The molecular formula is C18H16N4O4S. The van der Waals surface area contributed by atoms with E-state index in [0.29, 0.717) is 39.6 Å². The Kier molecular flexibility index (Phi) is 4.44. The lowest BCUT2D eigenvalue weighted by atomic mass is 10.1. The second-order valence-corrected chi connectivity index (χ2v) is 6.96. The van der Waals surface area contributed by atoms with Gasteiger partial charge in [0.05, 0.1) is 11.3 Å². The van der Waals surface area contributed by atoms with Crippen LogP contribution in [0.25, 0.3) is 11.4 Å². The Bertz CT molecular complexity index is 1030. The molecule has 0 aliphatic carbocycles. The Morgan fingerprint density at radius 3 is 2.81 bits per heavy atom. The zero-order valence-corrected chi connectivity index (χ0v) is 15.5. The van der Waals surface area contributed by atoms with Crippen molar-refractivity contribution in [3.05, 3.63) is 47.0 Å². The lowest BCUT2D eigenvalue weighted by Crippen LogP contribution is -2.15. The van der Waals surface area contributed by atoms with Gasteiger partial charge in [-0.05, 0) is 43.7 Å². The van der Waals surface area contributed by atoms with E-state index in [-0.39, 0.29) is 6.79 Å². The second-order valence-electron chi connectivity index (χ2n) is 5.99. The summed E-state index contributed by atoms with van der Waals surface area (Å²) in [6, 6.07) is 7.28. The first kappa shape index (κ1) is 17.3. The fraction of sp³-hybridized carbons (Fsp3) is 0.222. The summed E-state index contributed by atoms with van der Waals surface area (Å²) in [5, 5.41) is 4.57. The lowest BCUT2D eigenvalue weighted by Gasteiger charge is -2.08. The van der Waals surface area contributed by atoms with Gasteiger partial charge in [0.25, 0.3) is 5.91 Å². The Morgan fingerprint density at radius 2 is 2.00 bits per heavy atom. The quantitative estimate of drug-likeness (QED) is 0.668. The summed E-state index contributed by atoms with van der Waals surface area (Å²) >= 11 is 1.33. The molecule has 0 saturated heterocycles. The molecule has 0 radical (unpaired) electrons. The first-order valence-electron chi connectivity index (χ1n) is 8.14. The smallest absolute Gasteiger partial charge is 0.251 e. The van der Waals surface area contributed by atoms with Gasteiger partial charge in [0.1, 0.15) is 5.03 Å². The maximum absolute atomic E-state index is 11.7. The zero-order chi connectivity index (χ0) is 19.0. The fourth-order valence-corrected chi connectivity index (χ4v) is 3.80. The van der Waals surface area contributed by atoms with Crippen LogP contribution in [0.2, 0.25) is 0 Å². The maximum atomic E-state index is 11.7. The van der Waals surface area contributed by atoms with E-state index in [1.54, 1.807) is 12.1 Å². The molecule has 0 spiro atoms. The molecule has 1 aromatic carbocycles. The van der Waals surface area contributed by atoms with Gasteiger partial charge in [0, 0.05) is 11.3 Å². The summed E-state index contributed by atoms with van der Waals surface area (Å²) in [4.78, 5) is 20.6. The van der Waals surface area contributed by atoms with Crippen molar-refractivity contribution in [3.8, 4) is 22.9 Å². The monoisotopic (exact) mass is 384 g/mol. The molecule has 9 heteroatoms. The predicted molar refractivity (Wildman–Crippen MR) is 97.6 cm³/mol. The number of amides is 1. The number of ether oxygens (including phenoxy) is 2. The van der Waals surface area contributed by atoms with Crippen molar-refractivity contribution in [3.63, 3.8) is 0 Å². The lowest BCUT2D eigenvalue weighted by molar-refractivity contribution is 0.0996. The number of nitrogens with zero attached hydrogens (tertiary/aromatic N) is 3. The van der Waals surface area contributed by atoms with Gasteiger partial charge in [-0.3, -0.25) is 4.79 Å². The van der Waals surface area contributed by atoms with Crippen LogP contribution in [0, 0.1) is 13.8 Å². The summed E-state index contributed by atoms with van der Waals surface area (Å²) in [7, 11) is 0. The zero-order valence-electron chi connectivity index (χ0n) is 14.7. The SMILES string of the molecule is Cc1cc(C)c(C(N)=O)c(SCc2nc(-c3ccc4c(c3)OCO4)no2)n1. The maximum Gasteiger partial charge on any atom is 0.251 e. The third kappa shape index (κ3) is 3.45. The van der Waals surface area contributed by atoms with Crippen LogP contribution in [0.4, 0.5) is 0 Å². The number of rotatable bonds is 5. The highest BCUT2D eigenvalue weighted by Gasteiger charge is 2.18. The first-order chi connectivity index (χ1) is 13.0. The molecule has 8 nitrogen and oxygen atoms in total. The van der Waals surface area contributed by atoms with Gasteiger partial charge in [-0.25, -0.2) is 4.98 Å². The van der Waals surface area contributed by atoms with Crippen LogP contribution in [-0.4, -0.2) is 27.8 Å². The highest BCUT2D eigenvalue weighted by atomic mass is 32.2. The number of benzene rings is 1. The van der Waals surface area contributed by atoms with Gasteiger partial charge < -0.3 is 19.7 Å². The summed E-state index contributed by atoms with van der Waals surface area (Å²) in [6.45, 7) is 3.91. The number of hydrogen-bond acceptors (Lipinski definition) is 8. The second kappa shape index (κ2) is 6.92. The average molecular weight is 384 g/mol. The van der Waals surface area contributed by atoms with Crippen molar-refractivity contribution in [1.82, 2.24) is 15.1 Å². The van der Waals surface area contributed by atoms with Gasteiger partial charge >= 0.3 is 0 Å². The van der Waals surface area contributed by atoms with Crippen molar-refractivity contribution >= 4 is 17.7 Å². The van der Waals surface area contributed by atoms with Gasteiger partial charge in [-0.1, -0.05) is 16.9 Å². The highest BCUT2D eigenvalue weighted by molar-refractivity contribution is 7.98. The topological polar surface area (TPSA) is 113 Å². The third-order valence-corrected chi connectivity index (χ3v) is 4.95. The molecule has 1 aliphatic heterocycles. The molecular weight excluding hydrogens is 368 g/mol. The van der Waals surface area contributed by atoms with Crippen molar-refractivity contribution in [2.45, 2.75) is 24.6 Å². The van der Waals surface area contributed by atoms with Gasteiger partial charge in [-0.15, -0.1) is 0 Å². The number of hydrogen-bond donors (Lipinski definition) is 1. The van der Waals surface area contributed by atoms with Crippen LogP contribution >= 0.6 is 11.8 Å². The van der Waals surface area contributed by atoms with E-state index >= 15 is 0 Å². The number of primary amides is 1. The van der Waals surface area contributed by atoms with Crippen LogP contribution < -0.4 is 15.2 Å². The molecule has 3 aromatic rings. The molecule has 1 amide bonds. The number of pyridine rings is 1. The standard InChI is InChI=1S/C18H16N4O4S/c1-9-5-10(2)20-18(15(9)16(19)23)27-7-14-21-17(22-26-14)11-3-4-12-13(6-11)25-8-24-12/h3-6H,7-8H2,1-2H3,(H2,19,23). The summed E-state index contributed by atoms with van der Waals surface area (Å²) in [5.41, 5.74) is 8.28. The van der Waals surface area contributed by atoms with E-state index in [1.807, 2.05) is 26.0 Å². The summed E-state index contributed by atoms with van der Waals surface area (Å²) < 4.78 is 16.0. The third-order valence-electron chi connectivity index (χ3n) is 3.99. The van der Waals surface area contributed by atoms with Gasteiger partial charge in [0.2, 0.25) is 18.5 Å². The largest absolute Gasteiger partial charge is 0.454 e. The van der Waals surface area contributed by atoms with E-state index < -0.39 is 5.91 Å². The first-order valence-corrected chi connectivity index (χ1v) is 9.13. The Labute approximate surface area is 159 Å². The number of aryl methyl sites for hydroxylation is 2. The number of fused-ring (bicyclic) bond motifs is 1. The predicted octanol–water partition coefficient (Wildman–Crippen LogP) is 2.87. The Hall–Kier alpha value is -3.07. The summed E-state index contributed by atoms with van der Waals surface area (Å²) in [5.74, 6) is 2.08. The van der Waals surface area contributed by atoms with Crippen LogP contribution in [0.3, 0.4) is 0 Å². The molecule has 0 saturated carbocycles. The van der Waals surface area contributed by atoms with E-state index in [0.717, 1.165) is 16.8 Å². The molecule has 0 unspecified atom stereocenters. The van der Waals surface area contributed by atoms with Crippen LogP contribution in [0.15, 0.2) is 33.8 Å². The number of nitrogens with two attached hydrogens (primary N) is 1. The summed E-state index contributed by atoms with van der Waals surface area (Å²) in [6.07, 6.45) is 0. The molecule has 27 heavy (non-hydrogen) atoms. The molecule has 4 rings (SSSR count). The normalized spacial score (nSPS) is 12.4. The van der Waals surface area contributed by atoms with E-state index in [1.165, 1.54) is 11.8 Å². The molecule has 2 N–H and O–H groups in total. The molecule has 2 aromatic heterocycles. The minimum atomic E-state index is -0.505. The van der Waals surface area contributed by atoms with Crippen molar-refractivity contribution in [2.75, 3.05) is 6.79 Å². The fourth-order valence-electron chi connectivity index (χ4n) is 2.80. The van der Waals surface area contributed by atoms with Gasteiger partial charge in [0.15, 0.2) is 11.5 Å². The Balaban J connectivity index is 1.53. The number of carbonyl (C=O) groups is 1. The van der Waals surface area contributed by atoms with E-state index in [9.17, 15) is 4.79 Å². The van der Waals surface area contributed by atoms with E-state index in [2.05, 4.69) is 15.1 Å². The molecule has 3 heterocycles.